The van der Waals surface area contributed by atoms with Crippen molar-refractivity contribution in [3.05, 3.63) is 29.8 Å². The molecule has 1 aromatic rings. The summed E-state index contributed by atoms with van der Waals surface area (Å²) in [5.74, 6) is 0.941. The van der Waals surface area contributed by atoms with Gasteiger partial charge in [-0.25, -0.2) is 0 Å². The second-order valence-corrected chi connectivity index (χ2v) is 4.66. The molecular weight excluding hydrogens is 147 g/mol. The van der Waals surface area contributed by atoms with Gasteiger partial charge < -0.3 is 0 Å². The van der Waals surface area contributed by atoms with E-state index >= 15 is 0 Å². The number of rotatable bonds is 2. The SMILES string of the molecule is COc1ccc([CH](C)[Na])cc1. The molecule has 1 unspecified atom stereocenters. The van der Waals surface area contributed by atoms with Crippen molar-refractivity contribution in [3.8, 4) is 5.75 Å². The van der Waals surface area contributed by atoms with E-state index in [1.807, 2.05) is 12.1 Å². The molecule has 1 aromatic carbocycles. The molecule has 2 heteroatoms. The van der Waals surface area contributed by atoms with Gasteiger partial charge in [0.05, 0.1) is 0 Å². The van der Waals surface area contributed by atoms with Crippen molar-refractivity contribution in [2.24, 2.45) is 0 Å². The summed E-state index contributed by atoms with van der Waals surface area (Å²) in [5, 5.41) is 0. The number of hydrogen-bond acceptors (Lipinski definition) is 1. The van der Waals surface area contributed by atoms with E-state index in [2.05, 4.69) is 19.1 Å². The van der Waals surface area contributed by atoms with Crippen LogP contribution in [0.15, 0.2) is 24.3 Å². The zero-order chi connectivity index (χ0) is 8.27. The molecule has 1 atom stereocenters. The first-order chi connectivity index (χ1) is 5.24. The van der Waals surface area contributed by atoms with Crippen LogP contribution in [0, 0.1) is 0 Å². The maximum absolute atomic E-state index is 5.06. The van der Waals surface area contributed by atoms with Crippen molar-refractivity contribution in [1.29, 1.82) is 0 Å². The van der Waals surface area contributed by atoms with E-state index in [0.29, 0.717) is 0 Å². The Hall–Kier alpha value is 0.0200. The molecule has 11 heavy (non-hydrogen) atoms. The van der Waals surface area contributed by atoms with Crippen LogP contribution in [-0.4, -0.2) is 35.0 Å². The van der Waals surface area contributed by atoms with Gasteiger partial charge in [-0.1, -0.05) is 0 Å². The summed E-state index contributed by atoms with van der Waals surface area (Å²) in [6.45, 7) is 2.24. The number of ether oxygens (including phenoxy) is 1. The zero-order valence-corrected chi connectivity index (χ0v) is 9.29. The normalized spacial score (nSPS) is 12.7. The van der Waals surface area contributed by atoms with E-state index in [1.165, 1.54) is 33.5 Å². The van der Waals surface area contributed by atoms with E-state index in [4.69, 9.17) is 4.74 Å². The molecule has 0 spiro atoms. The van der Waals surface area contributed by atoms with Crippen molar-refractivity contribution in [3.63, 3.8) is 0 Å². The molecule has 0 fully saturated rings. The predicted molar refractivity (Wildman–Crippen MR) is 47.2 cm³/mol. The zero-order valence-electron chi connectivity index (χ0n) is 7.29. The molecule has 0 aliphatic heterocycles. The van der Waals surface area contributed by atoms with Crippen LogP contribution in [0.3, 0.4) is 0 Å². The molecule has 0 heterocycles. The number of hydrogen-bond donors (Lipinski definition) is 0. The molecule has 0 saturated carbocycles. The van der Waals surface area contributed by atoms with E-state index in [-0.39, 0.29) is 0 Å². The third-order valence-corrected chi connectivity index (χ3v) is 2.45. The van der Waals surface area contributed by atoms with Gasteiger partial charge in [0.25, 0.3) is 0 Å². The van der Waals surface area contributed by atoms with Crippen LogP contribution >= 0.6 is 0 Å². The molecule has 0 saturated heterocycles. The fourth-order valence-corrected chi connectivity index (χ4v) is 1.37. The summed E-state index contributed by atoms with van der Waals surface area (Å²) >= 11 is 1.22. The van der Waals surface area contributed by atoms with E-state index in [0.717, 1.165) is 8.92 Å². The minimum absolute atomic E-state index is 0.737. The second-order valence-electron chi connectivity index (χ2n) is 2.93. The molecule has 1 nitrogen and oxygen atoms in total. The van der Waals surface area contributed by atoms with Crippen molar-refractivity contribution in [2.45, 2.75) is 10.1 Å². The molecule has 0 radical (unpaired) electrons. The summed E-state index contributed by atoms with van der Waals surface area (Å²) in [5.41, 5.74) is 1.41. The maximum atomic E-state index is 5.06. The Morgan fingerprint density at radius 3 is 2.18 bits per heavy atom. The Bertz CT molecular complexity index is 216. The second kappa shape index (κ2) is 4.15. The van der Waals surface area contributed by atoms with Gasteiger partial charge in [-0.3, -0.25) is 0 Å². The number of methoxy groups -OCH3 is 1. The number of benzene rings is 1. The Labute approximate surface area is 85.2 Å². The average molecular weight is 158 g/mol. The van der Waals surface area contributed by atoms with Crippen LogP contribution < -0.4 is 4.74 Å². The molecule has 0 bridgehead atoms. The van der Waals surface area contributed by atoms with Gasteiger partial charge in [-0.15, -0.1) is 0 Å². The molecule has 0 aromatic heterocycles. The Balaban J connectivity index is 2.83. The Morgan fingerprint density at radius 1 is 1.27 bits per heavy atom. The van der Waals surface area contributed by atoms with E-state index < -0.39 is 0 Å². The summed E-state index contributed by atoms with van der Waals surface area (Å²) in [6, 6.07) is 8.31. The van der Waals surface area contributed by atoms with E-state index in [1.54, 1.807) is 7.11 Å². The monoisotopic (exact) mass is 158 g/mol. The average Bonchev–Trinajstić information content (AvgIpc) is 2.05. The molecule has 0 aliphatic carbocycles. The topological polar surface area (TPSA) is 9.23 Å². The summed E-state index contributed by atoms with van der Waals surface area (Å²) in [6.07, 6.45) is 0. The van der Waals surface area contributed by atoms with Crippen LogP contribution in [0.1, 0.15) is 15.7 Å². The van der Waals surface area contributed by atoms with Crippen molar-refractivity contribution in [1.82, 2.24) is 0 Å². The van der Waals surface area contributed by atoms with Gasteiger partial charge in [-0.2, -0.15) is 0 Å². The molecular formula is C9H11NaO. The molecule has 0 amide bonds. The molecule has 0 aliphatic rings. The van der Waals surface area contributed by atoms with Crippen LogP contribution in [0.25, 0.3) is 0 Å². The first kappa shape index (κ1) is 9.11. The van der Waals surface area contributed by atoms with Gasteiger partial charge in [-0.05, 0) is 0 Å². The standard InChI is InChI=1S/C9H11O.Na/c1-3-8-4-6-9(10-2)7-5-8;/h3-7H,1-2H3;. The summed E-state index contributed by atoms with van der Waals surface area (Å²) in [4.78, 5) is 0. The van der Waals surface area contributed by atoms with Gasteiger partial charge in [0.2, 0.25) is 0 Å². The predicted octanol–water partition coefficient (Wildman–Crippen LogP) is 1.92. The third kappa shape index (κ3) is 2.51. The fourth-order valence-electron chi connectivity index (χ4n) is 0.989. The van der Waals surface area contributed by atoms with Crippen LogP contribution in [0.2, 0.25) is 0 Å². The third-order valence-electron chi connectivity index (χ3n) is 1.78. The molecule has 0 N–H and O–H groups in total. The van der Waals surface area contributed by atoms with Gasteiger partial charge >= 0.3 is 85.4 Å². The minimum atomic E-state index is 0.737. The Morgan fingerprint density at radius 2 is 1.82 bits per heavy atom. The van der Waals surface area contributed by atoms with Gasteiger partial charge in [0.1, 0.15) is 0 Å². The first-order valence-corrected chi connectivity index (χ1v) is 5.03. The van der Waals surface area contributed by atoms with Gasteiger partial charge in [0.15, 0.2) is 0 Å². The first-order valence-electron chi connectivity index (χ1n) is 3.88. The fraction of sp³-hybridized carbons (Fsp3) is 0.333. The van der Waals surface area contributed by atoms with Crippen LogP contribution in [-0.2, 0) is 0 Å². The van der Waals surface area contributed by atoms with Crippen molar-refractivity contribution < 1.29 is 4.74 Å². The Kier molecular flexibility index (Phi) is 3.44. The molecule has 54 valence electrons. The summed E-state index contributed by atoms with van der Waals surface area (Å²) in [7, 11) is 1.69. The van der Waals surface area contributed by atoms with Crippen LogP contribution in [0.5, 0.6) is 5.75 Å². The van der Waals surface area contributed by atoms with E-state index in [9.17, 15) is 0 Å². The van der Waals surface area contributed by atoms with Gasteiger partial charge in [0, 0.05) is 0 Å². The quantitative estimate of drug-likeness (QED) is 0.597. The van der Waals surface area contributed by atoms with Crippen molar-refractivity contribution in [2.75, 3.05) is 7.11 Å². The van der Waals surface area contributed by atoms with Crippen LogP contribution in [0.4, 0.5) is 0 Å². The van der Waals surface area contributed by atoms with Crippen molar-refractivity contribution >= 4 is 27.9 Å². The summed E-state index contributed by atoms with van der Waals surface area (Å²) < 4.78 is 5.80. The molecule has 1 rings (SSSR count).